The molecule has 5 nitrogen and oxygen atoms in total. The lowest BCUT2D eigenvalue weighted by molar-refractivity contribution is 0.477. The number of hydrogen-bond donors (Lipinski definition) is 0. The highest BCUT2D eigenvalue weighted by molar-refractivity contribution is 5.58. The number of anilines is 2. The summed E-state index contributed by atoms with van der Waals surface area (Å²) in [5.41, 5.74) is 2.68. The van der Waals surface area contributed by atoms with Crippen molar-refractivity contribution in [2.24, 2.45) is 0 Å². The first kappa shape index (κ1) is 16.3. The summed E-state index contributed by atoms with van der Waals surface area (Å²) in [6.07, 6.45) is 3.90. The van der Waals surface area contributed by atoms with Crippen LogP contribution in [-0.4, -0.2) is 36.1 Å². The van der Waals surface area contributed by atoms with Gasteiger partial charge in [-0.15, -0.1) is 0 Å². The first-order valence-corrected chi connectivity index (χ1v) is 8.37. The second-order valence-electron chi connectivity index (χ2n) is 6.41. The molecule has 0 unspecified atom stereocenters. The van der Waals surface area contributed by atoms with Crippen LogP contribution in [0.15, 0.2) is 30.5 Å². The van der Waals surface area contributed by atoms with Crippen LogP contribution in [0, 0.1) is 25.2 Å². The second-order valence-corrected chi connectivity index (χ2v) is 6.41. The number of pyridine rings is 2. The van der Waals surface area contributed by atoms with E-state index in [0.717, 1.165) is 48.8 Å². The smallest absolute Gasteiger partial charge is 0.147 e. The zero-order valence-electron chi connectivity index (χ0n) is 14.5. The van der Waals surface area contributed by atoms with Gasteiger partial charge in [0.15, 0.2) is 0 Å². The predicted molar refractivity (Wildman–Crippen MR) is 96.3 cm³/mol. The molecule has 3 rings (SSSR count). The largest absolute Gasteiger partial charge is 0.357 e. The van der Waals surface area contributed by atoms with Gasteiger partial charge in [0.2, 0.25) is 0 Å². The Labute approximate surface area is 143 Å². The fourth-order valence-electron chi connectivity index (χ4n) is 3.40. The number of nitriles is 1. The van der Waals surface area contributed by atoms with E-state index in [1.165, 1.54) is 0 Å². The van der Waals surface area contributed by atoms with E-state index in [-0.39, 0.29) is 0 Å². The van der Waals surface area contributed by atoms with Crippen molar-refractivity contribution in [1.29, 1.82) is 5.26 Å². The maximum Gasteiger partial charge on any atom is 0.147 e. The van der Waals surface area contributed by atoms with Crippen LogP contribution >= 0.6 is 0 Å². The number of nitrogens with zero attached hydrogens (tertiary/aromatic N) is 5. The molecule has 5 heteroatoms. The highest BCUT2D eigenvalue weighted by atomic mass is 15.2. The van der Waals surface area contributed by atoms with E-state index < -0.39 is 0 Å². The highest BCUT2D eigenvalue weighted by Gasteiger charge is 2.25. The molecular formula is C19H23N5. The lowest BCUT2D eigenvalue weighted by atomic mass is 10.0. The molecule has 0 aromatic carbocycles. The number of aromatic nitrogens is 2. The van der Waals surface area contributed by atoms with Crippen molar-refractivity contribution >= 4 is 11.6 Å². The fourth-order valence-corrected chi connectivity index (χ4v) is 3.40. The molecule has 2 aromatic heterocycles. The first-order valence-electron chi connectivity index (χ1n) is 8.37. The molecule has 0 radical (unpaired) electrons. The topological polar surface area (TPSA) is 56.1 Å². The first-order chi connectivity index (χ1) is 11.6. The molecule has 1 aliphatic heterocycles. The van der Waals surface area contributed by atoms with Crippen LogP contribution in [0.3, 0.4) is 0 Å². The van der Waals surface area contributed by atoms with E-state index in [1.54, 1.807) is 0 Å². The Hall–Kier alpha value is -2.61. The van der Waals surface area contributed by atoms with Gasteiger partial charge in [0.05, 0.1) is 5.56 Å². The van der Waals surface area contributed by atoms with Crippen molar-refractivity contribution in [2.75, 3.05) is 29.9 Å². The Kier molecular flexibility index (Phi) is 4.66. The summed E-state index contributed by atoms with van der Waals surface area (Å²) in [7, 11) is 2.11. The van der Waals surface area contributed by atoms with Gasteiger partial charge >= 0.3 is 0 Å². The zero-order chi connectivity index (χ0) is 17.1. The molecule has 0 aliphatic carbocycles. The molecule has 0 saturated carbocycles. The number of aryl methyl sites for hydroxylation is 2. The van der Waals surface area contributed by atoms with Crippen molar-refractivity contribution < 1.29 is 0 Å². The Balaban J connectivity index is 1.73. The fraction of sp³-hybridized carbons (Fsp3) is 0.421. The Morgan fingerprint density at radius 1 is 1.25 bits per heavy atom. The molecule has 3 heterocycles. The summed E-state index contributed by atoms with van der Waals surface area (Å²) in [6.45, 7) is 5.79. The number of hydrogen-bond acceptors (Lipinski definition) is 5. The molecular weight excluding hydrogens is 298 g/mol. The average Bonchev–Trinajstić information content (AvgIpc) is 2.61. The van der Waals surface area contributed by atoms with Crippen LogP contribution in [0.25, 0.3) is 0 Å². The summed E-state index contributed by atoms with van der Waals surface area (Å²) < 4.78 is 0. The molecule has 1 saturated heterocycles. The Morgan fingerprint density at radius 3 is 2.62 bits per heavy atom. The molecule has 2 aromatic rings. The zero-order valence-corrected chi connectivity index (χ0v) is 14.5. The van der Waals surface area contributed by atoms with Crippen molar-refractivity contribution in [2.45, 2.75) is 32.7 Å². The molecule has 0 amide bonds. The van der Waals surface area contributed by atoms with Crippen LogP contribution in [-0.2, 0) is 0 Å². The molecule has 0 N–H and O–H groups in total. The van der Waals surface area contributed by atoms with Crippen molar-refractivity contribution in [3.05, 3.63) is 47.3 Å². The summed E-state index contributed by atoms with van der Waals surface area (Å²) >= 11 is 0. The molecule has 1 fully saturated rings. The van der Waals surface area contributed by atoms with Gasteiger partial charge in [0.1, 0.15) is 17.7 Å². The van der Waals surface area contributed by atoms with Crippen LogP contribution in [0.4, 0.5) is 11.6 Å². The monoisotopic (exact) mass is 321 g/mol. The number of piperidine rings is 1. The summed E-state index contributed by atoms with van der Waals surface area (Å²) in [4.78, 5) is 13.6. The second kappa shape index (κ2) is 6.88. The summed E-state index contributed by atoms with van der Waals surface area (Å²) in [5.74, 6) is 1.85. The van der Waals surface area contributed by atoms with Crippen LogP contribution in [0.2, 0.25) is 0 Å². The van der Waals surface area contributed by atoms with E-state index in [2.05, 4.69) is 32.9 Å². The third-order valence-corrected chi connectivity index (χ3v) is 4.76. The van der Waals surface area contributed by atoms with Crippen molar-refractivity contribution in [3.63, 3.8) is 0 Å². The third kappa shape index (κ3) is 3.18. The van der Waals surface area contributed by atoms with Crippen LogP contribution in [0.5, 0.6) is 0 Å². The minimum absolute atomic E-state index is 0.465. The van der Waals surface area contributed by atoms with Gasteiger partial charge < -0.3 is 9.80 Å². The van der Waals surface area contributed by atoms with E-state index in [9.17, 15) is 5.26 Å². The maximum atomic E-state index is 9.48. The van der Waals surface area contributed by atoms with Crippen molar-refractivity contribution in [3.8, 4) is 6.07 Å². The lowest BCUT2D eigenvalue weighted by Gasteiger charge is -2.38. The van der Waals surface area contributed by atoms with Gasteiger partial charge in [-0.25, -0.2) is 9.97 Å². The van der Waals surface area contributed by atoms with Gasteiger partial charge in [-0.3, -0.25) is 0 Å². The Morgan fingerprint density at radius 2 is 2.00 bits per heavy atom. The summed E-state index contributed by atoms with van der Waals surface area (Å²) in [6, 6.07) is 10.8. The van der Waals surface area contributed by atoms with Gasteiger partial charge in [0, 0.05) is 38.1 Å². The van der Waals surface area contributed by atoms with E-state index in [4.69, 9.17) is 0 Å². The molecule has 0 atom stereocenters. The van der Waals surface area contributed by atoms with E-state index in [0.29, 0.717) is 11.6 Å². The average molecular weight is 321 g/mol. The van der Waals surface area contributed by atoms with E-state index >= 15 is 0 Å². The molecule has 24 heavy (non-hydrogen) atoms. The molecule has 0 bridgehead atoms. The number of rotatable bonds is 3. The van der Waals surface area contributed by atoms with Gasteiger partial charge in [-0.1, -0.05) is 6.07 Å². The van der Waals surface area contributed by atoms with Crippen LogP contribution < -0.4 is 9.80 Å². The van der Waals surface area contributed by atoms with Crippen molar-refractivity contribution in [1.82, 2.24) is 9.97 Å². The standard InChI is InChI=1S/C19H23N5/c1-14-12-15(2)22-19(17(14)13-20)24-10-7-16(8-11-24)23(3)18-6-4-5-9-21-18/h4-6,9,12,16H,7-8,10-11H2,1-3H3. The van der Waals surface area contributed by atoms with E-state index in [1.807, 2.05) is 44.3 Å². The Bertz CT molecular complexity index is 742. The van der Waals surface area contributed by atoms with Crippen LogP contribution in [0.1, 0.15) is 29.7 Å². The maximum absolute atomic E-state index is 9.48. The molecule has 124 valence electrons. The van der Waals surface area contributed by atoms with Gasteiger partial charge in [-0.05, 0) is 50.5 Å². The molecule has 0 spiro atoms. The SMILES string of the molecule is Cc1cc(C)c(C#N)c(N2CCC(N(C)c3ccccn3)CC2)n1. The minimum atomic E-state index is 0.465. The molecule has 1 aliphatic rings. The van der Waals surface area contributed by atoms with Gasteiger partial charge in [-0.2, -0.15) is 5.26 Å². The highest BCUT2D eigenvalue weighted by Crippen LogP contribution is 2.27. The normalized spacial score (nSPS) is 15.2. The lowest BCUT2D eigenvalue weighted by Crippen LogP contribution is -2.44. The third-order valence-electron chi connectivity index (χ3n) is 4.76. The predicted octanol–water partition coefficient (Wildman–Crippen LogP) is 3.07. The minimum Gasteiger partial charge on any atom is -0.357 e. The quantitative estimate of drug-likeness (QED) is 0.869. The summed E-state index contributed by atoms with van der Waals surface area (Å²) in [5, 5.41) is 9.48. The van der Waals surface area contributed by atoms with Gasteiger partial charge in [0.25, 0.3) is 0 Å².